The minimum absolute atomic E-state index is 0.154. The number of hydrogen-bond acceptors (Lipinski definition) is 7. The minimum atomic E-state index is -0.587. The van der Waals surface area contributed by atoms with E-state index in [4.69, 9.17) is 9.47 Å². The molecule has 3 rings (SSSR count). The molecule has 3 aromatic rings. The Balaban J connectivity index is 1.82. The highest BCUT2D eigenvalue weighted by Crippen LogP contribution is 2.30. The zero-order valence-corrected chi connectivity index (χ0v) is 16.9. The van der Waals surface area contributed by atoms with Gasteiger partial charge >= 0.3 is 11.9 Å². The van der Waals surface area contributed by atoms with Gasteiger partial charge in [0.2, 0.25) is 0 Å². The number of carbonyl (C=O) groups excluding carboxylic acids is 2. The standard InChI is InChI=1S/C23H23N3O4/c1-16(2)26-12-9-17-7-8-20(29-22(27)18-5-3-10-24-14-18)21(13-17)30-23(28)19-6-4-11-25-15-19/h3-8,10-11,13-16,26H,9,12H2,1-2H3. The first-order valence-corrected chi connectivity index (χ1v) is 9.63. The fraction of sp³-hybridized carbons (Fsp3) is 0.217. The normalized spacial score (nSPS) is 10.6. The van der Waals surface area contributed by atoms with Crippen LogP contribution in [0, 0.1) is 0 Å². The Morgan fingerprint density at radius 1 is 0.900 bits per heavy atom. The number of nitrogens with zero attached hydrogens (tertiary/aromatic N) is 2. The molecule has 30 heavy (non-hydrogen) atoms. The molecule has 0 spiro atoms. The monoisotopic (exact) mass is 405 g/mol. The van der Waals surface area contributed by atoms with Crippen molar-refractivity contribution in [2.75, 3.05) is 6.54 Å². The number of esters is 2. The van der Waals surface area contributed by atoms with Gasteiger partial charge in [0.25, 0.3) is 0 Å². The van der Waals surface area contributed by atoms with Gasteiger partial charge in [0.15, 0.2) is 11.5 Å². The second-order valence-electron chi connectivity index (χ2n) is 6.90. The average Bonchev–Trinajstić information content (AvgIpc) is 2.76. The van der Waals surface area contributed by atoms with Gasteiger partial charge in [-0.1, -0.05) is 19.9 Å². The lowest BCUT2D eigenvalue weighted by Gasteiger charge is -2.13. The number of nitrogens with one attached hydrogen (secondary N) is 1. The summed E-state index contributed by atoms with van der Waals surface area (Å²) in [6.45, 7) is 4.91. The number of pyridine rings is 2. The Kier molecular flexibility index (Phi) is 7.24. The van der Waals surface area contributed by atoms with Gasteiger partial charge in [-0.05, 0) is 54.9 Å². The van der Waals surface area contributed by atoms with Crippen LogP contribution >= 0.6 is 0 Å². The van der Waals surface area contributed by atoms with Crippen LogP contribution in [0.15, 0.2) is 67.3 Å². The van der Waals surface area contributed by atoms with Crippen LogP contribution in [0.2, 0.25) is 0 Å². The molecule has 2 aromatic heterocycles. The van der Waals surface area contributed by atoms with Crippen LogP contribution in [0.5, 0.6) is 11.5 Å². The second-order valence-corrected chi connectivity index (χ2v) is 6.90. The van der Waals surface area contributed by atoms with Crippen LogP contribution < -0.4 is 14.8 Å². The van der Waals surface area contributed by atoms with Crippen molar-refractivity contribution in [2.24, 2.45) is 0 Å². The van der Waals surface area contributed by atoms with Gasteiger partial charge < -0.3 is 14.8 Å². The summed E-state index contributed by atoms with van der Waals surface area (Å²) in [6.07, 6.45) is 6.69. The van der Waals surface area contributed by atoms with Crippen molar-refractivity contribution < 1.29 is 19.1 Å². The summed E-state index contributed by atoms with van der Waals surface area (Å²) in [7, 11) is 0. The fourth-order valence-corrected chi connectivity index (χ4v) is 2.66. The highest BCUT2D eigenvalue weighted by molar-refractivity contribution is 5.92. The molecule has 0 unspecified atom stereocenters. The maximum Gasteiger partial charge on any atom is 0.345 e. The van der Waals surface area contributed by atoms with Gasteiger partial charge in [0.05, 0.1) is 11.1 Å². The zero-order valence-electron chi connectivity index (χ0n) is 16.9. The summed E-state index contributed by atoms with van der Waals surface area (Å²) in [5.41, 5.74) is 1.54. The molecule has 154 valence electrons. The van der Waals surface area contributed by atoms with E-state index in [-0.39, 0.29) is 11.5 Å². The third-order valence-electron chi connectivity index (χ3n) is 4.17. The number of benzene rings is 1. The van der Waals surface area contributed by atoms with Gasteiger partial charge in [-0.25, -0.2) is 9.59 Å². The molecule has 2 heterocycles. The number of rotatable bonds is 8. The van der Waals surface area contributed by atoms with Gasteiger partial charge in [0.1, 0.15) is 0 Å². The van der Waals surface area contributed by atoms with Gasteiger partial charge in [0, 0.05) is 30.8 Å². The molecule has 0 atom stereocenters. The van der Waals surface area contributed by atoms with Crippen molar-refractivity contribution in [3.8, 4) is 11.5 Å². The van der Waals surface area contributed by atoms with Crippen molar-refractivity contribution in [2.45, 2.75) is 26.3 Å². The van der Waals surface area contributed by atoms with Crippen LogP contribution in [0.25, 0.3) is 0 Å². The van der Waals surface area contributed by atoms with Crippen molar-refractivity contribution in [1.82, 2.24) is 15.3 Å². The Morgan fingerprint density at radius 3 is 2.03 bits per heavy atom. The number of aromatic nitrogens is 2. The molecule has 0 amide bonds. The highest BCUT2D eigenvalue weighted by Gasteiger charge is 2.17. The van der Waals surface area contributed by atoms with E-state index in [0.29, 0.717) is 17.2 Å². The smallest absolute Gasteiger partial charge is 0.345 e. The zero-order chi connectivity index (χ0) is 21.3. The van der Waals surface area contributed by atoms with E-state index in [1.54, 1.807) is 48.8 Å². The SMILES string of the molecule is CC(C)NCCc1ccc(OC(=O)c2cccnc2)c(OC(=O)c2cccnc2)c1. The molecule has 1 N–H and O–H groups in total. The van der Waals surface area contributed by atoms with Crippen LogP contribution in [-0.2, 0) is 6.42 Å². The lowest BCUT2D eigenvalue weighted by molar-refractivity contribution is 0.0681. The summed E-state index contributed by atoms with van der Waals surface area (Å²) in [5.74, 6) is -0.847. The first kappa shape index (κ1) is 21.1. The third kappa shape index (κ3) is 5.96. The topological polar surface area (TPSA) is 90.4 Å². The maximum atomic E-state index is 12.5. The van der Waals surface area contributed by atoms with E-state index < -0.39 is 11.9 Å². The predicted octanol–water partition coefficient (Wildman–Crippen LogP) is 3.46. The maximum absolute atomic E-state index is 12.5. The van der Waals surface area contributed by atoms with Crippen LogP contribution in [0.3, 0.4) is 0 Å². The van der Waals surface area contributed by atoms with Crippen molar-refractivity contribution in [1.29, 1.82) is 0 Å². The highest BCUT2D eigenvalue weighted by atomic mass is 16.6. The summed E-state index contributed by atoms with van der Waals surface area (Å²) < 4.78 is 11.0. The van der Waals surface area contributed by atoms with Crippen LogP contribution in [-0.4, -0.2) is 34.5 Å². The molecular weight excluding hydrogens is 382 g/mol. The lowest BCUT2D eigenvalue weighted by atomic mass is 10.1. The van der Waals surface area contributed by atoms with Crippen molar-refractivity contribution in [3.63, 3.8) is 0 Å². The van der Waals surface area contributed by atoms with Gasteiger partial charge in [-0.3, -0.25) is 9.97 Å². The fourth-order valence-electron chi connectivity index (χ4n) is 2.66. The van der Waals surface area contributed by atoms with Gasteiger partial charge in [-0.2, -0.15) is 0 Å². The molecule has 0 fully saturated rings. The van der Waals surface area contributed by atoms with E-state index in [1.807, 2.05) is 6.07 Å². The quantitative estimate of drug-likeness (QED) is 0.453. The summed E-state index contributed by atoms with van der Waals surface area (Å²) in [4.78, 5) is 32.8. The number of carbonyl (C=O) groups is 2. The van der Waals surface area contributed by atoms with E-state index in [1.165, 1.54) is 12.4 Å². The molecular formula is C23H23N3O4. The Morgan fingerprint density at radius 2 is 1.50 bits per heavy atom. The molecule has 0 saturated carbocycles. The van der Waals surface area contributed by atoms with E-state index in [2.05, 4.69) is 29.1 Å². The van der Waals surface area contributed by atoms with Crippen molar-refractivity contribution >= 4 is 11.9 Å². The van der Waals surface area contributed by atoms with E-state index in [0.717, 1.165) is 18.5 Å². The molecule has 7 nitrogen and oxygen atoms in total. The Labute approximate surface area is 175 Å². The first-order valence-electron chi connectivity index (χ1n) is 9.63. The average molecular weight is 405 g/mol. The van der Waals surface area contributed by atoms with E-state index >= 15 is 0 Å². The Bertz CT molecular complexity index is 992. The van der Waals surface area contributed by atoms with Gasteiger partial charge in [-0.15, -0.1) is 0 Å². The first-order chi connectivity index (χ1) is 14.5. The molecule has 0 saturated heterocycles. The molecule has 0 aliphatic carbocycles. The summed E-state index contributed by atoms with van der Waals surface area (Å²) in [6, 6.07) is 12.0. The van der Waals surface area contributed by atoms with Crippen molar-refractivity contribution in [3.05, 3.63) is 83.9 Å². The lowest BCUT2D eigenvalue weighted by Crippen LogP contribution is -2.25. The largest absolute Gasteiger partial charge is 0.419 e. The number of ether oxygens (including phenoxy) is 2. The van der Waals surface area contributed by atoms with Crippen LogP contribution in [0.1, 0.15) is 40.1 Å². The van der Waals surface area contributed by atoms with Crippen LogP contribution in [0.4, 0.5) is 0 Å². The molecule has 7 heteroatoms. The molecule has 0 bridgehead atoms. The molecule has 1 aromatic carbocycles. The number of hydrogen-bond donors (Lipinski definition) is 1. The summed E-state index contributed by atoms with van der Waals surface area (Å²) >= 11 is 0. The molecule has 0 aliphatic rings. The summed E-state index contributed by atoms with van der Waals surface area (Å²) in [5, 5.41) is 3.34. The second kappa shape index (κ2) is 10.3. The predicted molar refractivity (Wildman–Crippen MR) is 112 cm³/mol. The third-order valence-corrected chi connectivity index (χ3v) is 4.17. The minimum Gasteiger partial charge on any atom is -0.419 e. The molecule has 0 aliphatic heterocycles. The Hall–Kier alpha value is -3.58. The molecule has 0 radical (unpaired) electrons. The van der Waals surface area contributed by atoms with E-state index in [9.17, 15) is 9.59 Å².